The number of aromatic nitrogens is 2. The first-order chi connectivity index (χ1) is 7.27. The molecule has 0 spiro atoms. The molecule has 0 aliphatic carbocycles. The van der Waals surface area contributed by atoms with Crippen molar-refractivity contribution in [2.45, 2.75) is 19.9 Å². The van der Waals surface area contributed by atoms with Gasteiger partial charge in [-0.25, -0.2) is 4.98 Å². The summed E-state index contributed by atoms with van der Waals surface area (Å²) >= 11 is 3.57. The van der Waals surface area contributed by atoms with Gasteiger partial charge in [-0.1, -0.05) is 6.92 Å². The first-order valence-electron chi connectivity index (χ1n) is 5.06. The van der Waals surface area contributed by atoms with Crippen LogP contribution in [0.2, 0.25) is 0 Å². The van der Waals surface area contributed by atoms with Crippen molar-refractivity contribution in [3.63, 3.8) is 0 Å². The summed E-state index contributed by atoms with van der Waals surface area (Å²) < 4.78 is 3.25. The Morgan fingerprint density at radius 2 is 2.33 bits per heavy atom. The molecule has 0 bridgehead atoms. The van der Waals surface area contributed by atoms with Crippen LogP contribution in [0.3, 0.4) is 0 Å². The zero-order valence-electron chi connectivity index (χ0n) is 8.92. The molecule has 2 aromatic rings. The minimum atomic E-state index is 0.798. The molecule has 0 saturated carbocycles. The van der Waals surface area contributed by atoms with Crippen molar-refractivity contribution in [1.82, 2.24) is 14.7 Å². The molecule has 15 heavy (non-hydrogen) atoms. The van der Waals surface area contributed by atoms with E-state index in [0.717, 1.165) is 29.0 Å². The summed E-state index contributed by atoms with van der Waals surface area (Å²) in [6, 6.07) is 4.08. The molecule has 0 aromatic carbocycles. The SMILES string of the molecule is CCc1nc(CNC)c2c(Br)cccn12. The number of nitrogens with zero attached hydrogens (tertiary/aromatic N) is 2. The van der Waals surface area contributed by atoms with E-state index in [-0.39, 0.29) is 0 Å². The van der Waals surface area contributed by atoms with Crippen LogP contribution in [0, 0.1) is 0 Å². The number of aryl methyl sites for hydroxylation is 1. The Labute approximate surface area is 97.6 Å². The number of hydrogen-bond donors (Lipinski definition) is 1. The minimum Gasteiger partial charge on any atom is -0.314 e. The second-order valence-corrected chi connectivity index (χ2v) is 4.29. The quantitative estimate of drug-likeness (QED) is 0.926. The van der Waals surface area contributed by atoms with Gasteiger partial charge in [0.1, 0.15) is 5.82 Å². The van der Waals surface area contributed by atoms with Gasteiger partial charge in [0.15, 0.2) is 0 Å². The molecular weight excluding hydrogens is 254 g/mol. The van der Waals surface area contributed by atoms with E-state index >= 15 is 0 Å². The summed E-state index contributed by atoms with van der Waals surface area (Å²) in [6.45, 7) is 2.92. The third-order valence-electron chi connectivity index (χ3n) is 2.42. The van der Waals surface area contributed by atoms with Gasteiger partial charge in [-0.05, 0) is 35.1 Å². The Bertz CT molecular complexity index is 476. The molecule has 80 valence electrons. The van der Waals surface area contributed by atoms with Gasteiger partial charge in [0.25, 0.3) is 0 Å². The summed E-state index contributed by atoms with van der Waals surface area (Å²) in [4.78, 5) is 4.63. The fourth-order valence-electron chi connectivity index (χ4n) is 1.78. The summed E-state index contributed by atoms with van der Waals surface area (Å²) in [7, 11) is 1.94. The van der Waals surface area contributed by atoms with Gasteiger partial charge in [-0.3, -0.25) is 0 Å². The first-order valence-corrected chi connectivity index (χ1v) is 5.86. The molecule has 0 atom stereocenters. The van der Waals surface area contributed by atoms with Crippen molar-refractivity contribution < 1.29 is 0 Å². The summed E-state index contributed by atoms with van der Waals surface area (Å²) in [5.41, 5.74) is 2.27. The predicted octanol–water partition coefficient (Wildman–Crippen LogP) is 2.38. The minimum absolute atomic E-state index is 0.798. The molecular formula is C11H14BrN3. The molecule has 1 N–H and O–H groups in total. The maximum Gasteiger partial charge on any atom is 0.113 e. The number of fused-ring (bicyclic) bond motifs is 1. The highest BCUT2D eigenvalue weighted by atomic mass is 79.9. The van der Waals surface area contributed by atoms with Crippen molar-refractivity contribution in [3.05, 3.63) is 34.3 Å². The second-order valence-electron chi connectivity index (χ2n) is 3.43. The van der Waals surface area contributed by atoms with E-state index in [1.165, 1.54) is 5.52 Å². The molecule has 0 saturated heterocycles. The summed E-state index contributed by atoms with van der Waals surface area (Å²) in [5.74, 6) is 1.11. The van der Waals surface area contributed by atoms with Crippen molar-refractivity contribution >= 4 is 21.4 Å². The Morgan fingerprint density at radius 3 is 3.00 bits per heavy atom. The van der Waals surface area contributed by atoms with Crippen molar-refractivity contribution in [2.75, 3.05) is 7.05 Å². The number of nitrogens with one attached hydrogen (secondary N) is 1. The average molecular weight is 268 g/mol. The molecule has 4 heteroatoms. The fraction of sp³-hybridized carbons (Fsp3) is 0.364. The highest BCUT2D eigenvalue weighted by molar-refractivity contribution is 9.10. The predicted molar refractivity (Wildman–Crippen MR) is 65.0 cm³/mol. The van der Waals surface area contributed by atoms with Crippen molar-refractivity contribution in [2.24, 2.45) is 0 Å². The molecule has 3 nitrogen and oxygen atoms in total. The lowest BCUT2D eigenvalue weighted by atomic mass is 10.3. The van der Waals surface area contributed by atoms with E-state index in [4.69, 9.17) is 0 Å². The van der Waals surface area contributed by atoms with E-state index in [0.29, 0.717) is 0 Å². The molecule has 2 rings (SSSR count). The van der Waals surface area contributed by atoms with E-state index in [9.17, 15) is 0 Å². The fourth-order valence-corrected chi connectivity index (χ4v) is 2.35. The summed E-state index contributed by atoms with van der Waals surface area (Å²) in [6.07, 6.45) is 3.01. The van der Waals surface area contributed by atoms with Gasteiger partial charge in [-0.15, -0.1) is 0 Å². The largest absolute Gasteiger partial charge is 0.314 e. The van der Waals surface area contributed by atoms with Crippen LogP contribution in [0.15, 0.2) is 22.8 Å². The van der Waals surface area contributed by atoms with Crippen LogP contribution in [0.25, 0.3) is 5.52 Å². The maximum absolute atomic E-state index is 4.63. The summed E-state index contributed by atoms with van der Waals surface area (Å²) in [5, 5.41) is 3.14. The van der Waals surface area contributed by atoms with Crippen molar-refractivity contribution in [3.8, 4) is 0 Å². The highest BCUT2D eigenvalue weighted by Crippen LogP contribution is 2.22. The van der Waals surface area contributed by atoms with Crippen LogP contribution in [0.4, 0.5) is 0 Å². The van der Waals surface area contributed by atoms with Crippen LogP contribution in [0.5, 0.6) is 0 Å². The first kappa shape index (κ1) is 10.6. The number of hydrogen-bond acceptors (Lipinski definition) is 2. The lowest BCUT2D eigenvalue weighted by Gasteiger charge is -2.00. The molecule has 0 aliphatic heterocycles. The Balaban J connectivity index is 2.70. The van der Waals surface area contributed by atoms with Gasteiger partial charge in [-0.2, -0.15) is 0 Å². The zero-order valence-corrected chi connectivity index (χ0v) is 10.5. The van der Waals surface area contributed by atoms with Crippen molar-refractivity contribution in [1.29, 1.82) is 0 Å². The molecule has 0 amide bonds. The Kier molecular flexibility index (Phi) is 3.07. The number of rotatable bonds is 3. The van der Waals surface area contributed by atoms with Gasteiger partial charge >= 0.3 is 0 Å². The third kappa shape index (κ3) is 1.79. The van der Waals surface area contributed by atoms with Crippen LogP contribution in [-0.2, 0) is 13.0 Å². The van der Waals surface area contributed by atoms with Gasteiger partial charge in [0.2, 0.25) is 0 Å². The van der Waals surface area contributed by atoms with E-state index in [1.807, 2.05) is 13.1 Å². The van der Waals surface area contributed by atoms with E-state index in [2.05, 4.69) is 49.8 Å². The maximum atomic E-state index is 4.63. The topological polar surface area (TPSA) is 29.3 Å². The molecule has 0 unspecified atom stereocenters. The lowest BCUT2D eigenvalue weighted by Crippen LogP contribution is -2.05. The molecule has 0 aliphatic rings. The Morgan fingerprint density at radius 1 is 1.53 bits per heavy atom. The van der Waals surface area contributed by atoms with E-state index in [1.54, 1.807) is 0 Å². The van der Waals surface area contributed by atoms with Gasteiger partial charge in [0.05, 0.1) is 11.2 Å². The molecule has 0 radical (unpaired) electrons. The molecule has 2 heterocycles. The van der Waals surface area contributed by atoms with Crippen LogP contribution >= 0.6 is 15.9 Å². The second kappa shape index (κ2) is 4.33. The molecule has 0 fully saturated rings. The zero-order chi connectivity index (χ0) is 10.8. The highest BCUT2D eigenvalue weighted by Gasteiger charge is 2.11. The lowest BCUT2D eigenvalue weighted by molar-refractivity contribution is 0.796. The third-order valence-corrected chi connectivity index (χ3v) is 3.06. The number of pyridine rings is 1. The smallest absolute Gasteiger partial charge is 0.113 e. The Hall–Kier alpha value is -0.870. The molecule has 2 aromatic heterocycles. The normalized spacial score (nSPS) is 11.1. The van der Waals surface area contributed by atoms with Crippen LogP contribution in [-0.4, -0.2) is 16.4 Å². The standard InChI is InChI=1S/C11H14BrN3/c1-3-10-14-9(7-13-2)11-8(12)5-4-6-15(10)11/h4-6,13H,3,7H2,1-2H3. The van der Waals surface area contributed by atoms with Crippen LogP contribution in [0.1, 0.15) is 18.4 Å². The number of imidazole rings is 1. The number of halogens is 1. The van der Waals surface area contributed by atoms with Crippen LogP contribution < -0.4 is 5.32 Å². The van der Waals surface area contributed by atoms with Gasteiger partial charge < -0.3 is 9.72 Å². The van der Waals surface area contributed by atoms with Gasteiger partial charge in [0, 0.05) is 23.6 Å². The van der Waals surface area contributed by atoms with E-state index < -0.39 is 0 Å². The monoisotopic (exact) mass is 267 g/mol. The average Bonchev–Trinajstić information content (AvgIpc) is 2.59.